The SMILES string of the molecule is COCCCn1ccc2c(nnc3c(-c4ccccc4)c(COC)nn32)c1=O. The predicted octanol–water partition coefficient (Wildman–Crippen LogP) is 2.29. The van der Waals surface area contributed by atoms with Crippen LogP contribution in [0.1, 0.15) is 12.1 Å². The molecule has 0 saturated heterocycles. The lowest BCUT2D eigenvalue weighted by molar-refractivity contribution is 0.181. The van der Waals surface area contributed by atoms with Crippen molar-refractivity contribution in [3.63, 3.8) is 0 Å². The fraction of sp³-hybridized carbons (Fsp3) is 0.300. The monoisotopic (exact) mass is 379 g/mol. The van der Waals surface area contributed by atoms with Crippen molar-refractivity contribution in [1.82, 2.24) is 24.4 Å². The van der Waals surface area contributed by atoms with Crippen molar-refractivity contribution in [3.8, 4) is 11.1 Å². The Morgan fingerprint density at radius 2 is 1.86 bits per heavy atom. The maximum absolute atomic E-state index is 12.8. The first-order valence-corrected chi connectivity index (χ1v) is 9.05. The smallest absolute Gasteiger partial charge is 0.280 e. The molecular weight excluding hydrogens is 358 g/mol. The van der Waals surface area contributed by atoms with Crippen LogP contribution < -0.4 is 5.56 Å². The van der Waals surface area contributed by atoms with E-state index in [1.165, 1.54) is 0 Å². The van der Waals surface area contributed by atoms with Gasteiger partial charge in [-0.25, -0.2) is 4.52 Å². The largest absolute Gasteiger partial charge is 0.385 e. The summed E-state index contributed by atoms with van der Waals surface area (Å²) in [7, 11) is 3.27. The fourth-order valence-corrected chi connectivity index (χ4v) is 3.32. The summed E-state index contributed by atoms with van der Waals surface area (Å²) in [6, 6.07) is 11.7. The van der Waals surface area contributed by atoms with Crippen LogP contribution in [0.2, 0.25) is 0 Å². The molecule has 4 aromatic rings. The summed E-state index contributed by atoms with van der Waals surface area (Å²) in [5.74, 6) is 0. The average Bonchev–Trinajstić information content (AvgIpc) is 3.09. The number of rotatable bonds is 7. The molecular formula is C20H21N5O3. The highest BCUT2D eigenvalue weighted by molar-refractivity contribution is 5.84. The molecule has 144 valence electrons. The van der Waals surface area contributed by atoms with E-state index in [4.69, 9.17) is 9.47 Å². The molecule has 8 nitrogen and oxygen atoms in total. The van der Waals surface area contributed by atoms with Crippen molar-refractivity contribution in [2.45, 2.75) is 19.6 Å². The van der Waals surface area contributed by atoms with E-state index in [2.05, 4.69) is 15.3 Å². The van der Waals surface area contributed by atoms with E-state index in [9.17, 15) is 4.79 Å². The Morgan fingerprint density at radius 3 is 2.61 bits per heavy atom. The molecule has 4 rings (SSSR count). The second-order valence-corrected chi connectivity index (χ2v) is 6.45. The van der Waals surface area contributed by atoms with Gasteiger partial charge in [-0.05, 0) is 18.1 Å². The Morgan fingerprint density at radius 1 is 1.04 bits per heavy atom. The van der Waals surface area contributed by atoms with Crippen LogP contribution in [0, 0.1) is 0 Å². The number of aromatic nitrogens is 5. The summed E-state index contributed by atoms with van der Waals surface area (Å²) in [4.78, 5) is 12.8. The van der Waals surface area contributed by atoms with E-state index in [1.54, 1.807) is 29.5 Å². The number of hydrogen-bond acceptors (Lipinski definition) is 6. The third kappa shape index (κ3) is 3.17. The van der Waals surface area contributed by atoms with Gasteiger partial charge < -0.3 is 14.0 Å². The average molecular weight is 379 g/mol. The number of benzene rings is 1. The molecule has 0 unspecified atom stereocenters. The van der Waals surface area contributed by atoms with Gasteiger partial charge in [-0.2, -0.15) is 5.10 Å². The normalized spacial score (nSPS) is 11.5. The predicted molar refractivity (Wildman–Crippen MR) is 105 cm³/mol. The standard InChI is InChI=1S/C20H21N5O3/c1-27-12-6-10-24-11-9-16-18(20(24)26)21-22-19-17(14-7-4-3-5-8-14)15(13-28-2)23-25(16)19/h3-5,7-9,11H,6,10,12-13H2,1-2H3. The van der Waals surface area contributed by atoms with Crippen LogP contribution in [0.4, 0.5) is 0 Å². The molecule has 8 heteroatoms. The zero-order valence-electron chi connectivity index (χ0n) is 15.8. The molecule has 0 amide bonds. The zero-order valence-corrected chi connectivity index (χ0v) is 15.8. The molecule has 3 heterocycles. The van der Waals surface area contributed by atoms with Crippen molar-refractivity contribution < 1.29 is 9.47 Å². The number of methoxy groups -OCH3 is 2. The van der Waals surface area contributed by atoms with Gasteiger partial charge >= 0.3 is 0 Å². The number of nitrogens with zero attached hydrogens (tertiary/aromatic N) is 5. The van der Waals surface area contributed by atoms with Crippen LogP contribution >= 0.6 is 0 Å². The first kappa shape index (κ1) is 18.3. The highest BCUT2D eigenvalue weighted by Crippen LogP contribution is 2.28. The molecule has 0 atom stereocenters. The lowest BCUT2D eigenvalue weighted by atomic mass is 10.1. The van der Waals surface area contributed by atoms with Crippen LogP contribution in [0.25, 0.3) is 27.8 Å². The van der Waals surface area contributed by atoms with Crippen LogP contribution in [-0.2, 0) is 22.6 Å². The number of pyridine rings is 1. The van der Waals surface area contributed by atoms with Crippen molar-refractivity contribution in [2.24, 2.45) is 0 Å². The second-order valence-electron chi connectivity index (χ2n) is 6.45. The summed E-state index contributed by atoms with van der Waals surface area (Å²) < 4.78 is 13.7. The quantitative estimate of drug-likeness (QED) is 0.458. The molecule has 0 N–H and O–H groups in total. The van der Waals surface area contributed by atoms with Gasteiger partial charge in [0.15, 0.2) is 11.2 Å². The number of hydrogen-bond donors (Lipinski definition) is 0. The molecule has 3 aromatic heterocycles. The molecule has 0 aliphatic carbocycles. The topological polar surface area (TPSA) is 83.5 Å². The minimum Gasteiger partial charge on any atom is -0.385 e. The minimum absolute atomic E-state index is 0.187. The van der Waals surface area contributed by atoms with Crippen molar-refractivity contribution >= 4 is 16.7 Å². The van der Waals surface area contributed by atoms with Crippen molar-refractivity contribution in [1.29, 1.82) is 0 Å². The minimum atomic E-state index is -0.187. The summed E-state index contributed by atoms with van der Waals surface area (Å²) in [5, 5.41) is 13.3. The van der Waals surface area contributed by atoms with E-state index in [0.29, 0.717) is 36.4 Å². The van der Waals surface area contributed by atoms with Gasteiger partial charge in [0.2, 0.25) is 0 Å². The highest BCUT2D eigenvalue weighted by Gasteiger charge is 2.19. The number of aryl methyl sites for hydroxylation is 1. The van der Waals surface area contributed by atoms with Crippen LogP contribution in [0.3, 0.4) is 0 Å². The molecule has 0 spiro atoms. The summed E-state index contributed by atoms with van der Waals surface area (Å²) in [6.45, 7) is 1.49. The Labute approximate surface area is 161 Å². The van der Waals surface area contributed by atoms with E-state index in [0.717, 1.165) is 23.2 Å². The fourth-order valence-electron chi connectivity index (χ4n) is 3.32. The van der Waals surface area contributed by atoms with E-state index < -0.39 is 0 Å². The van der Waals surface area contributed by atoms with Crippen LogP contribution in [-0.4, -0.2) is 45.2 Å². The van der Waals surface area contributed by atoms with E-state index in [-0.39, 0.29) is 5.56 Å². The van der Waals surface area contributed by atoms with Gasteiger partial charge in [-0.1, -0.05) is 30.3 Å². The van der Waals surface area contributed by atoms with Crippen LogP contribution in [0.15, 0.2) is 47.4 Å². The Kier molecular flexibility index (Phi) is 5.14. The third-order valence-electron chi connectivity index (χ3n) is 4.62. The van der Waals surface area contributed by atoms with Gasteiger partial charge in [0.05, 0.1) is 17.9 Å². The Balaban J connectivity index is 1.91. The highest BCUT2D eigenvalue weighted by atomic mass is 16.5. The molecule has 0 fully saturated rings. The Hall–Kier alpha value is -3.10. The molecule has 28 heavy (non-hydrogen) atoms. The van der Waals surface area contributed by atoms with E-state index in [1.807, 2.05) is 36.4 Å². The van der Waals surface area contributed by atoms with Gasteiger partial charge in [0, 0.05) is 33.6 Å². The summed E-state index contributed by atoms with van der Waals surface area (Å²) in [6.07, 6.45) is 2.51. The van der Waals surface area contributed by atoms with Crippen LogP contribution in [0.5, 0.6) is 0 Å². The molecule has 1 aromatic carbocycles. The number of ether oxygens (including phenoxy) is 2. The van der Waals surface area contributed by atoms with Gasteiger partial charge in [-0.15, -0.1) is 10.2 Å². The van der Waals surface area contributed by atoms with Crippen molar-refractivity contribution in [3.05, 3.63) is 58.6 Å². The molecule has 0 saturated carbocycles. The second kappa shape index (κ2) is 7.87. The van der Waals surface area contributed by atoms with E-state index >= 15 is 0 Å². The Bertz CT molecular complexity index is 1170. The van der Waals surface area contributed by atoms with Gasteiger partial charge in [-0.3, -0.25) is 4.79 Å². The number of fused-ring (bicyclic) bond motifs is 3. The summed E-state index contributed by atoms with van der Waals surface area (Å²) in [5.41, 5.74) is 3.92. The molecule has 0 aliphatic rings. The first-order chi connectivity index (χ1) is 13.7. The maximum Gasteiger partial charge on any atom is 0.280 e. The lowest BCUT2D eigenvalue weighted by Gasteiger charge is -2.07. The maximum atomic E-state index is 12.8. The van der Waals surface area contributed by atoms with Gasteiger partial charge in [0.1, 0.15) is 5.52 Å². The third-order valence-corrected chi connectivity index (χ3v) is 4.62. The first-order valence-electron chi connectivity index (χ1n) is 9.05. The summed E-state index contributed by atoms with van der Waals surface area (Å²) >= 11 is 0. The molecule has 0 bridgehead atoms. The molecule has 0 aliphatic heterocycles. The molecule has 0 radical (unpaired) electrons. The van der Waals surface area contributed by atoms with Crippen molar-refractivity contribution in [2.75, 3.05) is 20.8 Å². The zero-order chi connectivity index (χ0) is 19.5. The lowest BCUT2D eigenvalue weighted by Crippen LogP contribution is -2.22. The van der Waals surface area contributed by atoms with Gasteiger partial charge in [0.25, 0.3) is 5.56 Å².